The summed E-state index contributed by atoms with van der Waals surface area (Å²) in [7, 11) is -4.67. The monoisotopic (exact) mass is 370 g/mol. The van der Waals surface area contributed by atoms with Crippen LogP contribution in [0.15, 0.2) is 24.3 Å². The molecule has 1 aromatic carbocycles. The Morgan fingerprint density at radius 1 is 0.840 bits per heavy atom. The lowest BCUT2D eigenvalue weighted by Gasteiger charge is -2.08. The number of hydrogen-bond acceptors (Lipinski definition) is 8. The smallest absolute Gasteiger partial charge is 0.394 e. The molecule has 0 atom stereocenters. The molecule has 11 heteroatoms. The highest BCUT2D eigenvalue weighted by atomic mass is 32.3. The van der Waals surface area contributed by atoms with Gasteiger partial charge in [0.2, 0.25) is 5.95 Å². The van der Waals surface area contributed by atoms with E-state index >= 15 is 0 Å². The lowest BCUT2D eigenvalue weighted by Crippen LogP contribution is -2.08. The first-order valence-corrected chi connectivity index (χ1v) is 8.67. The number of aryl methyl sites for hydroxylation is 1. The molecule has 1 aromatic heterocycles. The summed E-state index contributed by atoms with van der Waals surface area (Å²) in [4.78, 5) is 7.86. The van der Waals surface area contributed by atoms with Crippen molar-refractivity contribution in [3.8, 4) is 0 Å². The second kappa shape index (κ2) is 9.01. The van der Waals surface area contributed by atoms with E-state index in [0.717, 1.165) is 36.9 Å². The number of anilines is 4. The second-order valence-electron chi connectivity index (χ2n) is 5.23. The van der Waals surface area contributed by atoms with E-state index in [1.807, 2.05) is 24.3 Å². The van der Waals surface area contributed by atoms with E-state index in [9.17, 15) is 0 Å². The molecule has 1 heterocycles. The summed E-state index contributed by atoms with van der Waals surface area (Å²) in [6.45, 7) is 0. The molecule has 0 bridgehead atoms. The van der Waals surface area contributed by atoms with Crippen LogP contribution < -0.4 is 22.9 Å². The van der Waals surface area contributed by atoms with Crippen molar-refractivity contribution in [3.63, 3.8) is 0 Å². The number of benzene rings is 1. The van der Waals surface area contributed by atoms with Crippen LogP contribution in [0.3, 0.4) is 0 Å². The fraction of sp³-hybridized carbons (Fsp3) is 0.286. The van der Waals surface area contributed by atoms with Gasteiger partial charge in [-0.25, -0.2) is 0 Å². The van der Waals surface area contributed by atoms with E-state index in [1.165, 1.54) is 5.56 Å². The molecule has 0 amide bonds. The number of hydrogen-bond donors (Lipinski definition) is 6. The zero-order chi connectivity index (χ0) is 19.0. The predicted molar refractivity (Wildman–Crippen MR) is 96.9 cm³/mol. The zero-order valence-corrected chi connectivity index (χ0v) is 14.3. The molecule has 0 unspecified atom stereocenters. The Morgan fingerprint density at radius 2 is 1.28 bits per heavy atom. The van der Waals surface area contributed by atoms with Crippen molar-refractivity contribution in [2.45, 2.75) is 25.7 Å². The van der Waals surface area contributed by atoms with Crippen molar-refractivity contribution in [1.29, 1.82) is 0 Å². The average Bonchev–Trinajstić information content (AvgIpc) is 2.45. The van der Waals surface area contributed by atoms with Crippen LogP contribution in [0.25, 0.3) is 0 Å². The maximum Gasteiger partial charge on any atom is 0.394 e. The number of aromatic nitrogens is 2. The van der Waals surface area contributed by atoms with Crippen LogP contribution >= 0.6 is 0 Å². The third-order valence-corrected chi connectivity index (χ3v) is 3.21. The summed E-state index contributed by atoms with van der Waals surface area (Å²) in [5.41, 5.74) is 25.6. The SMILES string of the molecule is Nc1ccc(CCCCc2c(N)nc(N)nc2N)cc1.O=S(=O)(O)O. The molecular weight excluding hydrogens is 348 g/mol. The van der Waals surface area contributed by atoms with Crippen molar-refractivity contribution in [2.24, 2.45) is 0 Å². The van der Waals surface area contributed by atoms with Crippen molar-refractivity contribution >= 4 is 33.7 Å². The fourth-order valence-corrected chi connectivity index (χ4v) is 2.11. The Kier molecular flexibility index (Phi) is 7.36. The normalized spacial score (nSPS) is 10.8. The van der Waals surface area contributed by atoms with Crippen LogP contribution in [0.4, 0.5) is 23.3 Å². The lowest BCUT2D eigenvalue weighted by atomic mass is 10.0. The van der Waals surface area contributed by atoms with Gasteiger partial charge in [0.1, 0.15) is 11.6 Å². The highest BCUT2D eigenvalue weighted by Gasteiger charge is 2.08. The number of nitrogens with two attached hydrogens (primary N) is 4. The Morgan fingerprint density at radius 3 is 1.76 bits per heavy atom. The number of unbranched alkanes of at least 4 members (excludes halogenated alkanes) is 1. The number of nitrogens with zero attached hydrogens (tertiary/aromatic N) is 2. The molecule has 2 aromatic rings. The summed E-state index contributed by atoms with van der Waals surface area (Å²) in [5.74, 6) is 0.871. The molecule has 138 valence electrons. The van der Waals surface area contributed by atoms with E-state index in [1.54, 1.807) is 0 Å². The standard InChI is InChI=1S/C14H20N6.H2O4S/c15-10-7-5-9(6-8-10)3-1-2-4-11-12(16)19-14(18)20-13(11)17;1-5(2,3)4/h5-8H,1-4,15H2,(H6,16,17,18,19,20);(H2,1,2,3,4). The van der Waals surface area contributed by atoms with Gasteiger partial charge in [0.15, 0.2) is 0 Å². The highest BCUT2D eigenvalue weighted by Crippen LogP contribution is 2.19. The molecule has 0 aliphatic carbocycles. The fourth-order valence-electron chi connectivity index (χ4n) is 2.11. The Balaban J connectivity index is 0.000000550. The van der Waals surface area contributed by atoms with Crippen molar-refractivity contribution in [1.82, 2.24) is 9.97 Å². The van der Waals surface area contributed by atoms with Gasteiger partial charge in [0.05, 0.1) is 0 Å². The van der Waals surface area contributed by atoms with Gasteiger partial charge in [-0.2, -0.15) is 18.4 Å². The van der Waals surface area contributed by atoms with Gasteiger partial charge in [-0.05, 0) is 43.4 Å². The van der Waals surface area contributed by atoms with Crippen LogP contribution in [-0.2, 0) is 23.2 Å². The van der Waals surface area contributed by atoms with Crippen LogP contribution in [0.2, 0.25) is 0 Å². The molecule has 0 spiro atoms. The minimum absolute atomic E-state index is 0.116. The predicted octanol–water partition coefficient (Wildman–Crippen LogP) is 0.718. The van der Waals surface area contributed by atoms with Gasteiger partial charge < -0.3 is 22.9 Å². The number of rotatable bonds is 5. The molecule has 10 N–H and O–H groups in total. The van der Waals surface area contributed by atoms with Crippen molar-refractivity contribution in [2.75, 3.05) is 22.9 Å². The third kappa shape index (κ3) is 8.69. The highest BCUT2D eigenvalue weighted by molar-refractivity contribution is 7.79. The number of nitrogen functional groups attached to an aromatic ring is 4. The Labute approximate surface area is 145 Å². The maximum absolute atomic E-state index is 8.74. The van der Waals surface area contributed by atoms with E-state index in [-0.39, 0.29) is 5.95 Å². The third-order valence-electron chi connectivity index (χ3n) is 3.21. The summed E-state index contributed by atoms with van der Waals surface area (Å²) in [6, 6.07) is 7.92. The van der Waals surface area contributed by atoms with Crippen LogP contribution in [0.5, 0.6) is 0 Å². The largest absolute Gasteiger partial charge is 0.399 e. The molecule has 2 rings (SSSR count). The van der Waals surface area contributed by atoms with Crippen LogP contribution in [0.1, 0.15) is 24.0 Å². The Hall–Kier alpha value is -2.63. The molecule has 25 heavy (non-hydrogen) atoms. The van der Waals surface area contributed by atoms with Gasteiger partial charge in [0.25, 0.3) is 0 Å². The van der Waals surface area contributed by atoms with Gasteiger partial charge in [0, 0.05) is 11.3 Å². The van der Waals surface area contributed by atoms with Gasteiger partial charge in [-0.15, -0.1) is 0 Å². The molecule has 0 aliphatic heterocycles. The van der Waals surface area contributed by atoms with E-state index < -0.39 is 10.4 Å². The molecule has 0 fully saturated rings. The minimum atomic E-state index is -4.67. The summed E-state index contributed by atoms with van der Waals surface area (Å²) in [6.07, 6.45) is 3.75. The summed E-state index contributed by atoms with van der Waals surface area (Å²) in [5, 5.41) is 0. The quantitative estimate of drug-likeness (QED) is 0.247. The van der Waals surface area contributed by atoms with Gasteiger partial charge in [-0.1, -0.05) is 12.1 Å². The minimum Gasteiger partial charge on any atom is -0.399 e. The van der Waals surface area contributed by atoms with E-state index in [2.05, 4.69) is 9.97 Å². The van der Waals surface area contributed by atoms with Crippen molar-refractivity contribution in [3.05, 3.63) is 35.4 Å². The van der Waals surface area contributed by atoms with E-state index in [4.69, 9.17) is 40.5 Å². The first-order valence-electron chi connectivity index (χ1n) is 7.28. The second-order valence-corrected chi connectivity index (χ2v) is 6.12. The first-order chi connectivity index (χ1) is 11.6. The molecule has 0 radical (unpaired) electrons. The maximum atomic E-state index is 8.74. The molecule has 0 saturated heterocycles. The van der Waals surface area contributed by atoms with Crippen LogP contribution in [0, 0.1) is 0 Å². The Bertz CT molecular complexity index is 764. The topological polar surface area (TPSA) is 204 Å². The molecule has 0 saturated carbocycles. The first kappa shape index (κ1) is 20.4. The lowest BCUT2D eigenvalue weighted by molar-refractivity contribution is 0.381. The van der Waals surface area contributed by atoms with Gasteiger partial charge in [-0.3, -0.25) is 9.11 Å². The van der Waals surface area contributed by atoms with E-state index in [0.29, 0.717) is 11.6 Å². The average molecular weight is 370 g/mol. The molecule has 0 aliphatic rings. The summed E-state index contributed by atoms with van der Waals surface area (Å²) >= 11 is 0. The van der Waals surface area contributed by atoms with Gasteiger partial charge >= 0.3 is 10.4 Å². The zero-order valence-electron chi connectivity index (χ0n) is 13.5. The van der Waals surface area contributed by atoms with Crippen molar-refractivity contribution < 1.29 is 17.5 Å². The molecule has 10 nitrogen and oxygen atoms in total. The summed E-state index contributed by atoms with van der Waals surface area (Å²) < 4.78 is 31.6. The molecular formula is C14H22N6O4S. The van der Waals surface area contributed by atoms with Crippen LogP contribution in [-0.4, -0.2) is 27.5 Å².